The normalized spacial score (nSPS) is 48.1. The summed E-state index contributed by atoms with van der Waals surface area (Å²) in [5.41, 5.74) is -2.29. The number of Topliss-reactive ketones (excluding diaryl/α,β-unsaturated/α-hetero) is 1. The zero-order valence-corrected chi connectivity index (χ0v) is 19.2. The zero-order valence-electron chi connectivity index (χ0n) is 19.2. The Bertz CT molecular complexity index is 904. The quantitative estimate of drug-likeness (QED) is 0.489. The number of rotatable bonds is 2. The summed E-state index contributed by atoms with van der Waals surface area (Å²) in [6.07, 6.45) is 7.61. The van der Waals surface area contributed by atoms with E-state index in [2.05, 4.69) is 32.1 Å². The van der Waals surface area contributed by atoms with Crippen molar-refractivity contribution in [1.29, 1.82) is 5.26 Å². The maximum absolute atomic E-state index is 13.0. The van der Waals surface area contributed by atoms with Gasteiger partial charge in [-0.05, 0) is 55.8 Å². The highest BCUT2D eigenvalue weighted by atomic mass is 16.6. The number of esters is 2. The molecule has 0 aromatic carbocycles. The molecule has 3 fully saturated rings. The summed E-state index contributed by atoms with van der Waals surface area (Å²) >= 11 is 0. The van der Waals surface area contributed by atoms with Crippen LogP contribution >= 0.6 is 0 Å². The predicted molar refractivity (Wildman–Crippen MR) is 112 cm³/mol. The Labute approximate surface area is 184 Å². The van der Waals surface area contributed by atoms with E-state index in [9.17, 15) is 19.6 Å². The van der Waals surface area contributed by atoms with Gasteiger partial charge in [-0.15, -0.1) is 0 Å². The maximum atomic E-state index is 13.0. The number of hydrogen-bond donors (Lipinski definition) is 0. The topological polar surface area (TPSA) is 93.5 Å². The smallest absolute Gasteiger partial charge is 0.309 e. The molecule has 0 amide bonds. The van der Waals surface area contributed by atoms with Gasteiger partial charge in [0.2, 0.25) is 0 Å². The van der Waals surface area contributed by atoms with E-state index in [4.69, 9.17) is 9.47 Å². The minimum atomic E-state index is -0.863. The average molecular weight is 428 g/mol. The van der Waals surface area contributed by atoms with Gasteiger partial charge in [-0.2, -0.15) is 5.26 Å². The standard InChI is InChI=1S/C25H33NO5/c1-15(27)31-24(4)11-8-18-20-17(21(29)30-5)13-25(14-26)12-16(28)6-9-23(25,3)19(20)7-10-22(18,24)2/h7,10,17-20H,6,8-9,11-13H2,1-5H3/t17-,18?,19?,20?,22+,23-,24+,25+/m1/s1. The fourth-order valence-electron chi connectivity index (χ4n) is 7.79. The van der Waals surface area contributed by atoms with Crippen molar-refractivity contribution in [2.45, 2.75) is 71.8 Å². The van der Waals surface area contributed by atoms with Crippen LogP contribution in [0.15, 0.2) is 12.2 Å². The van der Waals surface area contributed by atoms with Gasteiger partial charge in [0, 0.05) is 25.2 Å². The van der Waals surface area contributed by atoms with Gasteiger partial charge < -0.3 is 9.47 Å². The lowest BCUT2D eigenvalue weighted by Crippen LogP contribution is -2.62. The Morgan fingerprint density at radius 1 is 1.23 bits per heavy atom. The molecule has 0 aromatic rings. The molecule has 4 rings (SSSR count). The van der Waals surface area contributed by atoms with Crippen molar-refractivity contribution in [3.05, 3.63) is 12.2 Å². The van der Waals surface area contributed by atoms with E-state index in [1.54, 1.807) is 0 Å². The molecular formula is C25H33NO5. The van der Waals surface area contributed by atoms with Crippen LogP contribution in [0.5, 0.6) is 0 Å². The minimum absolute atomic E-state index is 0.00384. The first-order valence-corrected chi connectivity index (χ1v) is 11.4. The molecule has 0 aromatic heterocycles. The van der Waals surface area contributed by atoms with E-state index in [0.717, 1.165) is 12.8 Å². The Morgan fingerprint density at radius 2 is 1.94 bits per heavy atom. The summed E-state index contributed by atoms with van der Waals surface area (Å²) in [5, 5.41) is 10.3. The molecule has 0 N–H and O–H groups in total. The van der Waals surface area contributed by atoms with Gasteiger partial charge in [-0.25, -0.2) is 0 Å². The van der Waals surface area contributed by atoms with Crippen LogP contribution in [0.1, 0.15) is 66.2 Å². The van der Waals surface area contributed by atoms with Crippen LogP contribution in [-0.4, -0.2) is 30.4 Å². The number of hydrogen-bond acceptors (Lipinski definition) is 6. The van der Waals surface area contributed by atoms with Crippen LogP contribution in [0.25, 0.3) is 0 Å². The summed E-state index contributed by atoms with van der Waals surface area (Å²) in [4.78, 5) is 37.3. The number of carbonyl (C=O) groups is 3. The van der Waals surface area contributed by atoms with Crippen molar-refractivity contribution >= 4 is 17.7 Å². The third kappa shape index (κ3) is 2.78. The second-order valence-corrected chi connectivity index (χ2v) is 10.9. The van der Waals surface area contributed by atoms with E-state index in [0.29, 0.717) is 19.3 Å². The van der Waals surface area contributed by atoms with E-state index >= 15 is 0 Å². The fraction of sp³-hybridized carbons (Fsp3) is 0.760. The van der Waals surface area contributed by atoms with Crippen molar-refractivity contribution in [3.63, 3.8) is 0 Å². The molecule has 4 aliphatic rings. The zero-order chi connectivity index (χ0) is 22.8. The maximum Gasteiger partial charge on any atom is 0.309 e. The van der Waals surface area contributed by atoms with Crippen molar-refractivity contribution in [3.8, 4) is 6.07 Å². The van der Waals surface area contributed by atoms with E-state index in [1.165, 1.54) is 14.0 Å². The number of ether oxygens (including phenoxy) is 2. The van der Waals surface area contributed by atoms with Crippen molar-refractivity contribution in [1.82, 2.24) is 0 Å². The molecule has 6 nitrogen and oxygen atoms in total. The highest BCUT2D eigenvalue weighted by Gasteiger charge is 2.69. The highest BCUT2D eigenvalue weighted by Crippen LogP contribution is 2.70. The number of allylic oxidation sites excluding steroid dienone is 1. The number of ketones is 1. The highest BCUT2D eigenvalue weighted by molar-refractivity contribution is 5.82. The minimum Gasteiger partial charge on any atom is -0.469 e. The SMILES string of the molecule is COC(=O)[C@@H]1C[C@]2(C#N)CC(=O)CC[C@]2(C)C2C=C[C@@]3(C)C(CC[C@]3(C)OC(C)=O)C21. The van der Waals surface area contributed by atoms with E-state index in [-0.39, 0.29) is 47.3 Å². The monoisotopic (exact) mass is 427 g/mol. The van der Waals surface area contributed by atoms with Gasteiger partial charge in [-0.3, -0.25) is 14.4 Å². The molecule has 0 radical (unpaired) electrons. The lowest BCUT2D eigenvalue weighted by molar-refractivity contribution is -0.180. The van der Waals surface area contributed by atoms with Crippen molar-refractivity contribution < 1.29 is 23.9 Å². The molecule has 4 aliphatic carbocycles. The molecule has 8 atom stereocenters. The molecule has 0 saturated heterocycles. The molecule has 6 heteroatoms. The van der Waals surface area contributed by atoms with Gasteiger partial charge >= 0.3 is 11.9 Å². The number of methoxy groups -OCH3 is 1. The van der Waals surface area contributed by atoms with Crippen molar-refractivity contribution in [2.75, 3.05) is 7.11 Å². The Balaban J connectivity index is 1.86. The van der Waals surface area contributed by atoms with Crippen LogP contribution in [0.3, 0.4) is 0 Å². The number of nitrogens with zero attached hydrogens (tertiary/aromatic N) is 1. The molecule has 3 saturated carbocycles. The number of carbonyl (C=O) groups excluding carboxylic acids is 3. The number of fused-ring (bicyclic) bond motifs is 5. The third-order valence-corrected chi connectivity index (χ3v) is 9.74. The first-order valence-electron chi connectivity index (χ1n) is 11.4. The van der Waals surface area contributed by atoms with Crippen molar-refractivity contribution in [2.24, 2.45) is 39.9 Å². The molecule has 31 heavy (non-hydrogen) atoms. The molecule has 0 aliphatic heterocycles. The van der Waals surface area contributed by atoms with E-state index < -0.39 is 22.3 Å². The van der Waals surface area contributed by atoms with Crippen LogP contribution in [0.4, 0.5) is 0 Å². The fourth-order valence-corrected chi connectivity index (χ4v) is 7.79. The molecular weight excluding hydrogens is 394 g/mol. The first kappa shape index (κ1) is 22.0. The van der Waals surface area contributed by atoms with Gasteiger partial charge in [0.15, 0.2) is 0 Å². The molecule has 168 valence electrons. The van der Waals surface area contributed by atoms with Gasteiger partial charge in [0.05, 0.1) is 24.5 Å². The van der Waals surface area contributed by atoms with Gasteiger partial charge in [-0.1, -0.05) is 26.0 Å². The summed E-state index contributed by atoms with van der Waals surface area (Å²) in [6.45, 7) is 7.71. The molecule has 3 unspecified atom stereocenters. The van der Waals surface area contributed by atoms with E-state index in [1.807, 2.05) is 6.92 Å². The second kappa shape index (κ2) is 6.92. The van der Waals surface area contributed by atoms with Crippen LogP contribution < -0.4 is 0 Å². The molecule has 0 spiro atoms. The van der Waals surface area contributed by atoms with Crippen LogP contribution in [-0.2, 0) is 23.9 Å². The predicted octanol–water partition coefficient (Wildman–Crippen LogP) is 3.99. The summed E-state index contributed by atoms with van der Waals surface area (Å²) < 4.78 is 11.1. The Morgan fingerprint density at radius 3 is 2.55 bits per heavy atom. The second-order valence-electron chi connectivity index (χ2n) is 10.9. The average Bonchev–Trinajstić information content (AvgIpc) is 2.97. The Kier molecular flexibility index (Phi) is 4.92. The van der Waals surface area contributed by atoms with Gasteiger partial charge in [0.1, 0.15) is 11.4 Å². The summed E-state index contributed by atoms with van der Waals surface area (Å²) in [7, 11) is 1.39. The summed E-state index contributed by atoms with van der Waals surface area (Å²) in [6, 6.07) is 2.51. The third-order valence-electron chi connectivity index (χ3n) is 9.74. The lowest BCUT2D eigenvalue weighted by atomic mass is 9.39. The molecule has 0 heterocycles. The van der Waals surface area contributed by atoms with Crippen LogP contribution in [0.2, 0.25) is 0 Å². The Hall–Kier alpha value is -2.16. The first-order chi connectivity index (χ1) is 14.5. The summed E-state index contributed by atoms with van der Waals surface area (Å²) in [5.74, 6) is -0.841. The molecule has 0 bridgehead atoms. The van der Waals surface area contributed by atoms with Crippen LogP contribution in [0, 0.1) is 51.2 Å². The number of nitriles is 1. The van der Waals surface area contributed by atoms with Gasteiger partial charge in [0.25, 0.3) is 0 Å². The largest absolute Gasteiger partial charge is 0.469 e. The lowest BCUT2D eigenvalue weighted by Gasteiger charge is -2.62.